The maximum absolute atomic E-state index is 12.9. The average Bonchev–Trinajstić information content (AvgIpc) is 2.61. The van der Waals surface area contributed by atoms with Crippen LogP contribution in [0.15, 0.2) is 0 Å². The second-order valence-corrected chi connectivity index (χ2v) is 11.0. The summed E-state index contributed by atoms with van der Waals surface area (Å²) < 4.78 is 1.76. The summed E-state index contributed by atoms with van der Waals surface area (Å²) in [5.74, 6) is 0.0516. The van der Waals surface area contributed by atoms with Gasteiger partial charge in [0, 0.05) is 6.04 Å². The highest BCUT2D eigenvalue weighted by Crippen LogP contribution is 2.35. The lowest BCUT2D eigenvalue weighted by Crippen LogP contribution is -2.57. The first kappa shape index (κ1) is 18.2. The highest BCUT2D eigenvalue weighted by Gasteiger charge is 2.53. The largest absolute Gasteiger partial charge is 0.319 e. The van der Waals surface area contributed by atoms with Gasteiger partial charge >= 0.3 is 6.03 Å². The summed E-state index contributed by atoms with van der Waals surface area (Å²) in [4.78, 5) is 27.5. The maximum Gasteiger partial charge on any atom is 0.319 e. The van der Waals surface area contributed by atoms with Crippen LogP contribution in [0, 0.1) is 0 Å². The number of amides is 3. The molecule has 1 aliphatic heterocycles. The predicted octanol–water partition coefficient (Wildman–Crippen LogP) is 4.22. The summed E-state index contributed by atoms with van der Waals surface area (Å²) >= 11 is 0. The molecule has 1 atom stereocenters. The molecular formula is C16H32N2O2Si. The van der Waals surface area contributed by atoms with E-state index < -0.39 is 8.24 Å². The van der Waals surface area contributed by atoms with E-state index in [4.69, 9.17) is 0 Å². The van der Waals surface area contributed by atoms with Crippen molar-refractivity contribution in [2.75, 3.05) is 0 Å². The van der Waals surface area contributed by atoms with Gasteiger partial charge < -0.3 is 4.90 Å². The number of carbonyl (C=O) groups excluding carboxylic acids is 2. The molecule has 3 amide bonds. The smallest absolute Gasteiger partial charge is 0.311 e. The van der Waals surface area contributed by atoms with Gasteiger partial charge in [-0.15, -0.1) is 0 Å². The van der Waals surface area contributed by atoms with Crippen LogP contribution >= 0.6 is 0 Å². The van der Waals surface area contributed by atoms with Crippen LogP contribution < -0.4 is 0 Å². The van der Waals surface area contributed by atoms with Gasteiger partial charge in [0.15, 0.2) is 8.24 Å². The summed E-state index contributed by atoms with van der Waals surface area (Å²) in [6.07, 6.45) is 3.16. The van der Waals surface area contributed by atoms with Crippen molar-refractivity contribution >= 4 is 20.2 Å². The van der Waals surface area contributed by atoms with E-state index in [-0.39, 0.29) is 24.0 Å². The third-order valence-corrected chi connectivity index (χ3v) is 10.2. The molecule has 0 radical (unpaired) electrons. The quantitative estimate of drug-likeness (QED) is 0.497. The molecule has 4 nitrogen and oxygen atoms in total. The lowest BCUT2D eigenvalue weighted by molar-refractivity contribution is -0.125. The standard InChI is InChI=1S/C16H32N2O2Si/c1-7-10-21(11-8-2,12-9-3)18-15(19)14(6)17(13(4)5)16(18)20/h13-14H,7-12H2,1-6H3. The Labute approximate surface area is 131 Å². The molecular weight excluding hydrogens is 280 g/mol. The van der Waals surface area contributed by atoms with Gasteiger partial charge in [0.25, 0.3) is 0 Å². The Kier molecular flexibility index (Phi) is 6.44. The van der Waals surface area contributed by atoms with Crippen LogP contribution in [0.1, 0.15) is 60.8 Å². The Morgan fingerprint density at radius 1 is 1.00 bits per heavy atom. The fraction of sp³-hybridized carbons (Fsp3) is 0.875. The minimum Gasteiger partial charge on any atom is -0.311 e. The van der Waals surface area contributed by atoms with Crippen molar-refractivity contribution in [1.29, 1.82) is 0 Å². The number of rotatable bonds is 8. The Bertz CT molecular complexity index is 367. The molecule has 1 saturated heterocycles. The van der Waals surface area contributed by atoms with Crippen LogP contribution in [-0.2, 0) is 4.79 Å². The maximum atomic E-state index is 12.9. The highest BCUT2D eigenvalue weighted by molar-refractivity contribution is 6.81. The van der Waals surface area contributed by atoms with E-state index in [0.29, 0.717) is 0 Å². The van der Waals surface area contributed by atoms with E-state index >= 15 is 0 Å². The SMILES string of the molecule is CCC[Si](CCC)(CCC)N1C(=O)C(C)N(C(C)C)C1=O. The minimum atomic E-state index is -2.03. The van der Waals surface area contributed by atoms with Crippen molar-refractivity contribution in [3.05, 3.63) is 0 Å². The molecule has 1 rings (SSSR count). The van der Waals surface area contributed by atoms with Gasteiger partial charge in [-0.2, -0.15) is 0 Å². The summed E-state index contributed by atoms with van der Waals surface area (Å²) in [5, 5.41) is 0. The molecule has 0 aromatic carbocycles. The summed E-state index contributed by atoms with van der Waals surface area (Å²) in [7, 11) is -2.03. The highest BCUT2D eigenvalue weighted by atomic mass is 28.3. The lowest BCUT2D eigenvalue weighted by atomic mass is 10.2. The van der Waals surface area contributed by atoms with Crippen LogP contribution in [0.5, 0.6) is 0 Å². The minimum absolute atomic E-state index is 0.0236. The molecule has 5 heteroatoms. The van der Waals surface area contributed by atoms with Gasteiger partial charge in [0.1, 0.15) is 6.04 Å². The third-order valence-electron chi connectivity index (χ3n) is 4.58. The summed E-state index contributed by atoms with van der Waals surface area (Å²) in [6.45, 7) is 12.4. The molecule has 0 bridgehead atoms. The zero-order chi connectivity index (χ0) is 16.2. The fourth-order valence-electron chi connectivity index (χ4n) is 3.89. The number of urea groups is 1. The summed E-state index contributed by atoms with van der Waals surface area (Å²) in [5.41, 5.74) is 0. The van der Waals surface area contributed by atoms with E-state index in [1.165, 1.54) is 0 Å². The first-order valence-corrected chi connectivity index (χ1v) is 11.1. The van der Waals surface area contributed by atoms with Gasteiger partial charge in [-0.25, -0.2) is 4.79 Å². The van der Waals surface area contributed by atoms with Crippen LogP contribution in [0.3, 0.4) is 0 Å². The van der Waals surface area contributed by atoms with E-state index in [1.807, 2.05) is 20.8 Å². The van der Waals surface area contributed by atoms with E-state index in [1.54, 1.807) is 9.47 Å². The monoisotopic (exact) mass is 312 g/mol. The van der Waals surface area contributed by atoms with Gasteiger partial charge in [0.05, 0.1) is 0 Å². The van der Waals surface area contributed by atoms with Crippen LogP contribution in [0.25, 0.3) is 0 Å². The molecule has 0 aromatic rings. The molecule has 1 heterocycles. The zero-order valence-electron chi connectivity index (χ0n) is 14.6. The number of hydrogen-bond acceptors (Lipinski definition) is 2. The van der Waals surface area contributed by atoms with Crippen molar-refractivity contribution < 1.29 is 9.59 Å². The Morgan fingerprint density at radius 3 is 1.71 bits per heavy atom. The topological polar surface area (TPSA) is 40.6 Å². The number of carbonyl (C=O) groups is 2. The van der Waals surface area contributed by atoms with Gasteiger partial charge in [-0.05, 0) is 38.9 Å². The molecule has 1 aliphatic rings. The number of imide groups is 1. The first-order valence-electron chi connectivity index (χ1n) is 8.52. The van der Waals surface area contributed by atoms with E-state index in [9.17, 15) is 9.59 Å². The lowest BCUT2D eigenvalue weighted by Gasteiger charge is -2.38. The molecule has 0 aromatic heterocycles. The van der Waals surface area contributed by atoms with Crippen molar-refractivity contribution in [2.45, 2.75) is 91.0 Å². The molecule has 122 valence electrons. The van der Waals surface area contributed by atoms with Crippen LogP contribution in [0.4, 0.5) is 4.79 Å². The second kappa shape index (κ2) is 7.43. The molecule has 0 saturated carbocycles. The predicted molar refractivity (Wildman–Crippen MR) is 89.7 cm³/mol. The first-order chi connectivity index (χ1) is 9.86. The number of nitrogens with zero attached hydrogens (tertiary/aromatic N) is 2. The molecule has 0 N–H and O–H groups in total. The average molecular weight is 313 g/mol. The Hall–Kier alpha value is -0.843. The second-order valence-electron chi connectivity index (χ2n) is 6.61. The van der Waals surface area contributed by atoms with Gasteiger partial charge in [0.2, 0.25) is 5.91 Å². The number of hydrogen-bond donors (Lipinski definition) is 0. The van der Waals surface area contributed by atoms with Crippen molar-refractivity contribution in [1.82, 2.24) is 9.47 Å². The Balaban J connectivity index is 3.23. The molecule has 21 heavy (non-hydrogen) atoms. The normalized spacial score (nSPS) is 20.0. The molecule has 0 spiro atoms. The van der Waals surface area contributed by atoms with Gasteiger partial charge in [-0.1, -0.05) is 40.0 Å². The molecule has 1 fully saturated rings. The van der Waals surface area contributed by atoms with E-state index in [0.717, 1.165) is 37.4 Å². The summed E-state index contributed by atoms with van der Waals surface area (Å²) in [6, 6.07) is 2.90. The van der Waals surface area contributed by atoms with Crippen LogP contribution in [-0.4, -0.2) is 41.7 Å². The van der Waals surface area contributed by atoms with E-state index in [2.05, 4.69) is 20.8 Å². The third kappa shape index (κ3) is 3.33. The van der Waals surface area contributed by atoms with Crippen molar-refractivity contribution in [2.24, 2.45) is 0 Å². The van der Waals surface area contributed by atoms with Crippen molar-refractivity contribution in [3.63, 3.8) is 0 Å². The molecule has 1 unspecified atom stereocenters. The molecule has 0 aliphatic carbocycles. The van der Waals surface area contributed by atoms with Gasteiger partial charge in [-0.3, -0.25) is 9.36 Å². The Morgan fingerprint density at radius 2 is 1.43 bits per heavy atom. The van der Waals surface area contributed by atoms with Crippen LogP contribution in [0.2, 0.25) is 18.1 Å². The fourth-order valence-corrected chi connectivity index (χ4v) is 9.28. The zero-order valence-corrected chi connectivity index (χ0v) is 15.6. The van der Waals surface area contributed by atoms with Crippen molar-refractivity contribution in [3.8, 4) is 0 Å².